The second kappa shape index (κ2) is 6.39. The summed E-state index contributed by atoms with van der Waals surface area (Å²) >= 11 is 0. The molecular weight excluding hydrogens is 164 g/mol. The average molecular weight is 188 g/mol. The number of ether oxygens (including phenoxy) is 1. The smallest absolute Gasteiger partial charge is 0.0672 e. The summed E-state index contributed by atoms with van der Waals surface area (Å²) in [5.41, 5.74) is -0.121. The van der Waals surface area contributed by atoms with Crippen LogP contribution >= 0.6 is 0 Å². The lowest BCUT2D eigenvalue weighted by molar-refractivity contribution is -0.0215. The van der Waals surface area contributed by atoms with Crippen molar-refractivity contribution in [1.82, 2.24) is 0 Å². The fraction of sp³-hybridized carbons (Fsp3) is 1.00. The summed E-state index contributed by atoms with van der Waals surface area (Å²) < 4.78 is 5.40. The van der Waals surface area contributed by atoms with E-state index in [0.29, 0.717) is 0 Å². The van der Waals surface area contributed by atoms with Crippen LogP contribution in [0.4, 0.5) is 0 Å². The van der Waals surface area contributed by atoms with Crippen molar-refractivity contribution in [1.29, 1.82) is 0 Å². The van der Waals surface area contributed by atoms with Gasteiger partial charge in [-0.2, -0.15) is 0 Å². The number of methoxy groups -OCH3 is 1. The van der Waals surface area contributed by atoms with E-state index in [1.165, 1.54) is 12.8 Å². The van der Waals surface area contributed by atoms with Gasteiger partial charge in [-0.1, -0.05) is 26.7 Å². The van der Waals surface area contributed by atoms with Crippen LogP contribution < -0.4 is 0 Å². The lowest BCUT2D eigenvalue weighted by Gasteiger charge is -2.27. The Morgan fingerprint density at radius 1 is 1.31 bits per heavy atom. The molecule has 1 atom stereocenters. The SMILES string of the molecule is COC(C)(CCO)CCCC(C)C. The van der Waals surface area contributed by atoms with Crippen LogP contribution in [0.5, 0.6) is 0 Å². The molecule has 1 N–H and O–H groups in total. The van der Waals surface area contributed by atoms with E-state index in [-0.39, 0.29) is 12.2 Å². The Morgan fingerprint density at radius 3 is 2.31 bits per heavy atom. The molecule has 0 saturated carbocycles. The summed E-state index contributed by atoms with van der Waals surface area (Å²) in [5.74, 6) is 0.759. The molecule has 0 spiro atoms. The lowest BCUT2D eigenvalue weighted by Crippen LogP contribution is -2.28. The van der Waals surface area contributed by atoms with Gasteiger partial charge in [-0.25, -0.2) is 0 Å². The van der Waals surface area contributed by atoms with E-state index in [0.717, 1.165) is 18.8 Å². The fourth-order valence-corrected chi connectivity index (χ4v) is 1.45. The third-order valence-electron chi connectivity index (χ3n) is 2.62. The third-order valence-corrected chi connectivity index (χ3v) is 2.62. The second-order valence-corrected chi connectivity index (χ2v) is 4.41. The lowest BCUT2D eigenvalue weighted by atomic mass is 9.93. The molecule has 0 aliphatic rings. The number of hydrogen-bond acceptors (Lipinski definition) is 2. The second-order valence-electron chi connectivity index (χ2n) is 4.41. The van der Waals surface area contributed by atoms with Crippen molar-refractivity contribution < 1.29 is 9.84 Å². The zero-order chi connectivity index (χ0) is 10.3. The normalized spacial score (nSPS) is 16.2. The van der Waals surface area contributed by atoms with Gasteiger partial charge >= 0.3 is 0 Å². The van der Waals surface area contributed by atoms with E-state index in [1.807, 2.05) is 0 Å². The number of rotatable bonds is 7. The predicted octanol–water partition coefficient (Wildman–Crippen LogP) is 2.60. The molecule has 0 saturated heterocycles. The highest BCUT2D eigenvalue weighted by Crippen LogP contribution is 2.22. The molecule has 0 aromatic rings. The summed E-state index contributed by atoms with van der Waals surface area (Å²) in [4.78, 5) is 0. The molecule has 2 nitrogen and oxygen atoms in total. The highest BCUT2D eigenvalue weighted by Gasteiger charge is 2.22. The van der Waals surface area contributed by atoms with Gasteiger partial charge in [0.05, 0.1) is 5.60 Å². The summed E-state index contributed by atoms with van der Waals surface area (Å²) in [7, 11) is 1.73. The third kappa shape index (κ3) is 6.05. The first-order valence-electron chi connectivity index (χ1n) is 5.20. The van der Waals surface area contributed by atoms with Crippen molar-refractivity contribution in [3.63, 3.8) is 0 Å². The molecule has 2 heteroatoms. The van der Waals surface area contributed by atoms with Crippen LogP contribution in [-0.2, 0) is 4.74 Å². The first-order chi connectivity index (χ1) is 6.04. The first kappa shape index (κ1) is 12.9. The maximum Gasteiger partial charge on any atom is 0.0672 e. The van der Waals surface area contributed by atoms with E-state index in [9.17, 15) is 0 Å². The molecule has 80 valence electrons. The molecule has 0 heterocycles. The van der Waals surface area contributed by atoms with Crippen molar-refractivity contribution in [2.75, 3.05) is 13.7 Å². The van der Waals surface area contributed by atoms with Crippen LogP contribution in [0.25, 0.3) is 0 Å². The van der Waals surface area contributed by atoms with Crippen LogP contribution in [0.2, 0.25) is 0 Å². The molecule has 0 aromatic carbocycles. The van der Waals surface area contributed by atoms with Gasteiger partial charge in [-0.3, -0.25) is 0 Å². The Kier molecular flexibility index (Phi) is 6.35. The molecule has 0 aliphatic carbocycles. The minimum absolute atomic E-state index is 0.121. The number of aliphatic hydroxyl groups is 1. The molecule has 13 heavy (non-hydrogen) atoms. The van der Waals surface area contributed by atoms with E-state index in [1.54, 1.807) is 7.11 Å². The van der Waals surface area contributed by atoms with Gasteiger partial charge < -0.3 is 9.84 Å². The van der Waals surface area contributed by atoms with Gasteiger partial charge in [-0.15, -0.1) is 0 Å². The summed E-state index contributed by atoms with van der Waals surface area (Å²) in [6.45, 7) is 6.75. The molecule has 0 radical (unpaired) electrons. The van der Waals surface area contributed by atoms with E-state index in [2.05, 4.69) is 20.8 Å². The zero-order valence-corrected chi connectivity index (χ0v) is 9.47. The van der Waals surface area contributed by atoms with Crippen molar-refractivity contribution in [3.05, 3.63) is 0 Å². The number of hydrogen-bond donors (Lipinski definition) is 1. The molecule has 0 bridgehead atoms. The van der Waals surface area contributed by atoms with E-state index >= 15 is 0 Å². The maximum atomic E-state index is 8.86. The number of aliphatic hydroxyl groups excluding tert-OH is 1. The van der Waals surface area contributed by atoms with E-state index in [4.69, 9.17) is 9.84 Å². The van der Waals surface area contributed by atoms with Gasteiger partial charge in [-0.05, 0) is 25.7 Å². The van der Waals surface area contributed by atoms with Crippen LogP contribution in [0.15, 0.2) is 0 Å². The molecule has 0 rings (SSSR count). The quantitative estimate of drug-likeness (QED) is 0.665. The Morgan fingerprint density at radius 2 is 1.92 bits per heavy atom. The van der Waals surface area contributed by atoms with Crippen LogP contribution in [0.1, 0.15) is 46.5 Å². The summed E-state index contributed by atoms with van der Waals surface area (Å²) in [6, 6.07) is 0. The average Bonchev–Trinajstić information content (AvgIpc) is 2.04. The topological polar surface area (TPSA) is 29.5 Å². The molecule has 0 aromatic heterocycles. The van der Waals surface area contributed by atoms with E-state index < -0.39 is 0 Å². The zero-order valence-electron chi connectivity index (χ0n) is 9.47. The Hall–Kier alpha value is -0.0800. The van der Waals surface area contributed by atoms with Gasteiger partial charge in [0.25, 0.3) is 0 Å². The van der Waals surface area contributed by atoms with Gasteiger partial charge in [0.15, 0.2) is 0 Å². The predicted molar refractivity (Wildman–Crippen MR) is 55.8 cm³/mol. The Balaban J connectivity index is 3.69. The minimum Gasteiger partial charge on any atom is -0.396 e. The van der Waals surface area contributed by atoms with Crippen molar-refractivity contribution >= 4 is 0 Å². The van der Waals surface area contributed by atoms with Gasteiger partial charge in [0.1, 0.15) is 0 Å². The molecule has 0 fully saturated rings. The summed E-state index contributed by atoms with van der Waals surface area (Å²) in [5, 5.41) is 8.86. The van der Waals surface area contributed by atoms with Crippen molar-refractivity contribution in [2.45, 2.75) is 52.1 Å². The Labute approximate surface area is 82.3 Å². The minimum atomic E-state index is -0.121. The van der Waals surface area contributed by atoms with Gasteiger partial charge in [0.2, 0.25) is 0 Å². The fourth-order valence-electron chi connectivity index (χ4n) is 1.45. The molecule has 0 aliphatic heterocycles. The first-order valence-corrected chi connectivity index (χ1v) is 5.20. The molecule has 1 unspecified atom stereocenters. The van der Waals surface area contributed by atoms with Crippen molar-refractivity contribution in [3.8, 4) is 0 Å². The monoisotopic (exact) mass is 188 g/mol. The van der Waals surface area contributed by atoms with Crippen LogP contribution in [0, 0.1) is 5.92 Å². The summed E-state index contributed by atoms with van der Waals surface area (Å²) in [6.07, 6.45) is 4.20. The highest BCUT2D eigenvalue weighted by atomic mass is 16.5. The van der Waals surface area contributed by atoms with Crippen LogP contribution in [0.3, 0.4) is 0 Å². The van der Waals surface area contributed by atoms with Crippen molar-refractivity contribution in [2.24, 2.45) is 5.92 Å². The van der Waals surface area contributed by atoms with Gasteiger partial charge in [0, 0.05) is 13.7 Å². The Bertz CT molecular complexity index is 123. The molecule has 0 amide bonds. The molecular formula is C11H24O2. The maximum absolute atomic E-state index is 8.86. The largest absolute Gasteiger partial charge is 0.396 e. The highest BCUT2D eigenvalue weighted by molar-refractivity contribution is 4.74. The van der Waals surface area contributed by atoms with Crippen LogP contribution in [-0.4, -0.2) is 24.4 Å². The standard InChI is InChI=1S/C11H24O2/c1-10(2)6-5-7-11(3,13-4)8-9-12/h10,12H,5-9H2,1-4H3.